The van der Waals surface area contributed by atoms with Crippen molar-refractivity contribution >= 4 is 6.03 Å². The van der Waals surface area contributed by atoms with Crippen LogP contribution in [0.2, 0.25) is 0 Å². The van der Waals surface area contributed by atoms with Crippen LogP contribution in [0.15, 0.2) is 30.3 Å². The van der Waals surface area contributed by atoms with Gasteiger partial charge in [-0.15, -0.1) is 0 Å². The predicted octanol–water partition coefficient (Wildman–Crippen LogP) is 3.87. The maximum absolute atomic E-state index is 12.0. The lowest BCUT2D eigenvalue weighted by atomic mass is 9.97. The number of nitrogens with one attached hydrogen (secondary N) is 2. The molecule has 0 aliphatic carbocycles. The lowest BCUT2D eigenvalue weighted by molar-refractivity contribution is 0.226. The van der Waals surface area contributed by atoms with E-state index in [4.69, 9.17) is 0 Å². The summed E-state index contributed by atoms with van der Waals surface area (Å²) in [5.74, 6) is 0.528. The highest BCUT2D eigenvalue weighted by atomic mass is 16.2. The third-order valence-corrected chi connectivity index (χ3v) is 2.70. The minimum absolute atomic E-state index is 0.0588. The molecule has 3 heteroatoms. The molecule has 0 radical (unpaired) electrons. The molecule has 0 saturated carbocycles. The molecule has 1 aromatic rings. The first-order valence-electron chi connectivity index (χ1n) is 6.91. The van der Waals surface area contributed by atoms with Crippen LogP contribution in [0, 0.1) is 5.92 Å². The molecule has 0 aromatic heterocycles. The first-order valence-corrected chi connectivity index (χ1v) is 6.91. The van der Waals surface area contributed by atoms with Crippen LogP contribution in [0.3, 0.4) is 0 Å². The molecule has 1 unspecified atom stereocenters. The van der Waals surface area contributed by atoms with Gasteiger partial charge in [-0.2, -0.15) is 0 Å². The van der Waals surface area contributed by atoms with Crippen LogP contribution in [-0.4, -0.2) is 11.6 Å². The second-order valence-corrected chi connectivity index (χ2v) is 6.44. The fourth-order valence-electron chi connectivity index (χ4n) is 1.97. The van der Waals surface area contributed by atoms with Gasteiger partial charge >= 0.3 is 6.03 Å². The zero-order chi connectivity index (χ0) is 14.5. The van der Waals surface area contributed by atoms with E-state index in [1.165, 1.54) is 0 Å². The summed E-state index contributed by atoms with van der Waals surface area (Å²) in [6.45, 7) is 10.3. The molecule has 2 N–H and O–H groups in total. The topological polar surface area (TPSA) is 41.1 Å². The summed E-state index contributed by atoms with van der Waals surface area (Å²) < 4.78 is 0. The standard InChI is InChI=1S/C16H26N2O/c1-12(2)11-14(13-9-7-6-8-10-13)17-15(19)18-16(3,4)5/h6-10,12,14H,11H2,1-5H3,(H2,17,18,19). The first kappa shape index (κ1) is 15.5. The summed E-state index contributed by atoms with van der Waals surface area (Å²) in [5.41, 5.74) is 0.934. The van der Waals surface area contributed by atoms with Gasteiger partial charge < -0.3 is 10.6 Å². The number of carbonyl (C=O) groups is 1. The monoisotopic (exact) mass is 262 g/mol. The number of hydrogen-bond acceptors (Lipinski definition) is 1. The highest BCUT2D eigenvalue weighted by molar-refractivity contribution is 5.75. The molecule has 0 bridgehead atoms. The number of carbonyl (C=O) groups excluding carboxylic acids is 1. The molecule has 106 valence electrons. The quantitative estimate of drug-likeness (QED) is 0.849. The van der Waals surface area contributed by atoms with E-state index in [0.717, 1.165) is 12.0 Å². The minimum Gasteiger partial charge on any atom is -0.334 e. The Morgan fingerprint density at radius 1 is 1.16 bits per heavy atom. The Kier molecular flexibility index (Phi) is 5.40. The molecular weight excluding hydrogens is 236 g/mol. The van der Waals surface area contributed by atoms with E-state index in [1.54, 1.807) is 0 Å². The Bertz CT molecular complexity index is 393. The molecule has 3 nitrogen and oxygen atoms in total. The van der Waals surface area contributed by atoms with Gasteiger partial charge in [-0.25, -0.2) is 4.79 Å². The van der Waals surface area contributed by atoms with Gasteiger partial charge in [0.15, 0.2) is 0 Å². The molecule has 0 aliphatic rings. The van der Waals surface area contributed by atoms with Crippen molar-refractivity contribution in [1.29, 1.82) is 0 Å². The van der Waals surface area contributed by atoms with Gasteiger partial charge in [0.25, 0.3) is 0 Å². The Morgan fingerprint density at radius 2 is 1.74 bits per heavy atom. The maximum Gasteiger partial charge on any atom is 0.315 e. The second kappa shape index (κ2) is 6.60. The van der Waals surface area contributed by atoms with Crippen molar-refractivity contribution in [3.05, 3.63) is 35.9 Å². The number of benzene rings is 1. The van der Waals surface area contributed by atoms with Crippen molar-refractivity contribution < 1.29 is 4.79 Å². The number of rotatable bonds is 4. The molecule has 0 saturated heterocycles. The van der Waals surface area contributed by atoms with Gasteiger partial charge in [0, 0.05) is 5.54 Å². The van der Waals surface area contributed by atoms with Crippen molar-refractivity contribution in [1.82, 2.24) is 10.6 Å². The number of urea groups is 1. The molecule has 1 rings (SSSR count). The van der Waals surface area contributed by atoms with Crippen LogP contribution < -0.4 is 10.6 Å². The zero-order valence-corrected chi connectivity index (χ0v) is 12.7. The van der Waals surface area contributed by atoms with Gasteiger partial charge in [0.05, 0.1) is 6.04 Å². The number of hydrogen-bond donors (Lipinski definition) is 2. The summed E-state index contributed by atoms with van der Waals surface area (Å²) in [4.78, 5) is 12.0. The van der Waals surface area contributed by atoms with Crippen LogP contribution in [-0.2, 0) is 0 Å². The van der Waals surface area contributed by atoms with E-state index in [2.05, 4.69) is 36.6 Å². The lowest BCUT2D eigenvalue weighted by Gasteiger charge is -2.25. The van der Waals surface area contributed by atoms with Crippen molar-refractivity contribution in [3.8, 4) is 0 Å². The fourth-order valence-corrected chi connectivity index (χ4v) is 1.97. The summed E-state index contributed by atoms with van der Waals surface area (Å²) >= 11 is 0. The van der Waals surface area contributed by atoms with Crippen LogP contribution in [0.5, 0.6) is 0 Å². The molecule has 0 aliphatic heterocycles. The van der Waals surface area contributed by atoms with Crippen LogP contribution in [0.25, 0.3) is 0 Å². The van der Waals surface area contributed by atoms with E-state index >= 15 is 0 Å². The first-order chi connectivity index (χ1) is 8.78. The second-order valence-electron chi connectivity index (χ2n) is 6.44. The van der Waals surface area contributed by atoms with Gasteiger partial charge in [0.2, 0.25) is 0 Å². The van der Waals surface area contributed by atoms with E-state index in [9.17, 15) is 4.79 Å². The van der Waals surface area contributed by atoms with Gasteiger partial charge in [-0.1, -0.05) is 44.2 Å². The average molecular weight is 262 g/mol. The summed E-state index contributed by atoms with van der Waals surface area (Å²) in [6.07, 6.45) is 0.932. The van der Waals surface area contributed by atoms with Gasteiger partial charge in [-0.05, 0) is 38.7 Å². The lowest BCUT2D eigenvalue weighted by Crippen LogP contribution is -2.47. The molecule has 2 amide bonds. The molecular formula is C16H26N2O. The molecule has 0 spiro atoms. The SMILES string of the molecule is CC(C)CC(NC(=O)NC(C)(C)C)c1ccccc1. The van der Waals surface area contributed by atoms with Crippen molar-refractivity contribution in [3.63, 3.8) is 0 Å². The summed E-state index contributed by atoms with van der Waals surface area (Å²) in [6, 6.07) is 10.1. The Balaban J connectivity index is 2.73. The Labute approximate surface area is 116 Å². The summed E-state index contributed by atoms with van der Waals surface area (Å²) in [5, 5.41) is 6.01. The molecule has 0 fully saturated rings. The largest absolute Gasteiger partial charge is 0.334 e. The molecule has 19 heavy (non-hydrogen) atoms. The highest BCUT2D eigenvalue weighted by Crippen LogP contribution is 2.21. The van der Waals surface area contributed by atoms with Crippen molar-refractivity contribution in [2.75, 3.05) is 0 Å². The third kappa shape index (κ3) is 6.27. The minimum atomic E-state index is -0.219. The molecule has 0 heterocycles. The van der Waals surface area contributed by atoms with Gasteiger partial charge in [0.1, 0.15) is 0 Å². The van der Waals surface area contributed by atoms with Crippen LogP contribution >= 0.6 is 0 Å². The van der Waals surface area contributed by atoms with E-state index in [-0.39, 0.29) is 17.6 Å². The van der Waals surface area contributed by atoms with Crippen LogP contribution in [0.4, 0.5) is 4.79 Å². The Morgan fingerprint density at radius 3 is 2.21 bits per heavy atom. The van der Waals surface area contributed by atoms with Crippen LogP contribution in [0.1, 0.15) is 52.6 Å². The van der Waals surface area contributed by atoms with E-state index in [0.29, 0.717) is 5.92 Å². The van der Waals surface area contributed by atoms with E-state index in [1.807, 2.05) is 39.0 Å². The normalized spacial score (nSPS) is 13.2. The average Bonchev–Trinajstić information content (AvgIpc) is 2.26. The molecule has 1 aromatic carbocycles. The van der Waals surface area contributed by atoms with E-state index < -0.39 is 0 Å². The summed E-state index contributed by atoms with van der Waals surface area (Å²) in [7, 11) is 0. The van der Waals surface area contributed by atoms with Crippen molar-refractivity contribution in [2.24, 2.45) is 5.92 Å². The predicted molar refractivity (Wildman–Crippen MR) is 80.1 cm³/mol. The smallest absolute Gasteiger partial charge is 0.315 e. The fraction of sp³-hybridized carbons (Fsp3) is 0.562. The Hall–Kier alpha value is -1.51. The number of amides is 2. The third-order valence-electron chi connectivity index (χ3n) is 2.70. The highest BCUT2D eigenvalue weighted by Gasteiger charge is 2.19. The van der Waals surface area contributed by atoms with Gasteiger partial charge in [-0.3, -0.25) is 0 Å². The van der Waals surface area contributed by atoms with Crippen molar-refractivity contribution in [2.45, 2.75) is 52.6 Å². The maximum atomic E-state index is 12.0. The zero-order valence-electron chi connectivity index (χ0n) is 12.7. The molecule has 1 atom stereocenters.